The highest BCUT2D eigenvalue weighted by molar-refractivity contribution is 6.36. The van der Waals surface area contributed by atoms with Crippen LogP contribution in [0.15, 0.2) is 48.5 Å². The van der Waals surface area contributed by atoms with E-state index in [0.717, 1.165) is 5.56 Å². The lowest BCUT2D eigenvalue weighted by molar-refractivity contribution is -0.148. The molecule has 0 saturated carbocycles. The lowest BCUT2D eigenvalue weighted by atomic mass is 10.0. The lowest BCUT2D eigenvalue weighted by Crippen LogP contribution is -2.43. The number of carbonyl (C=O) groups excluding carboxylic acids is 4. The normalized spacial score (nSPS) is 11.4. The van der Waals surface area contributed by atoms with Crippen LogP contribution in [0.3, 0.4) is 0 Å². The molecule has 2 aromatic rings. The average Bonchev–Trinajstić information content (AvgIpc) is 2.75. The number of hydrogen-bond donors (Lipinski definition) is 3. The second kappa shape index (κ2) is 12.8. The quantitative estimate of drug-likeness (QED) is 0.440. The first-order valence-electron chi connectivity index (χ1n) is 10.2. The molecule has 176 valence electrons. The van der Waals surface area contributed by atoms with Crippen molar-refractivity contribution in [1.29, 1.82) is 0 Å². The van der Waals surface area contributed by atoms with Gasteiger partial charge in [-0.2, -0.15) is 0 Å². The van der Waals surface area contributed by atoms with Gasteiger partial charge >= 0.3 is 5.97 Å². The number of ether oxygens (including phenoxy) is 1. The monoisotopic (exact) mass is 493 g/mol. The zero-order valence-corrected chi connectivity index (χ0v) is 19.7. The Morgan fingerprint density at radius 2 is 1.58 bits per heavy atom. The standard InChI is InChI=1S/C23H25Cl2N3O5/c1-14(2)33-22(31)11-19(15-6-4-3-5-7-15)28-21(30)13-26-20(29)12-27-23(32)17-9-8-16(24)10-18(17)25/h3-10,14,19H,11-13H2,1-2H3,(H,26,29)(H,27,32)(H,28,30). The van der Waals surface area contributed by atoms with E-state index in [1.165, 1.54) is 18.2 Å². The van der Waals surface area contributed by atoms with E-state index >= 15 is 0 Å². The predicted molar refractivity (Wildman–Crippen MR) is 125 cm³/mol. The zero-order chi connectivity index (χ0) is 24.4. The van der Waals surface area contributed by atoms with Crippen LogP contribution in [0.5, 0.6) is 0 Å². The first kappa shape index (κ1) is 26.2. The van der Waals surface area contributed by atoms with Crippen LogP contribution in [0.25, 0.3) is 0 Å². The van der Waals surface area contributed by atoms with Gasteiger partial charge in [0.1, 0.15) is 0 Å². The van der Waals surface area contributed by atoms with Crippen molar-refractivity contribution >= 4 is 46.9 Å². The van der Waals surface area contributed by atoms with Gasteiger partial charge in [-0.3, -0.25) is 19.2 Å². The van der Waals surface area contributed by atoms with Gasteiger partial charge in [-0.15, -0.1) is 0 Å². The van der Waals surface area contributed by atoms with Gasteiger partial charge in [-0.05, 0) is 37.6 Å². The van der Waals surface area contributed by atoms with Crippen LogP contribution >= 0.6 is 23.2 Å². The third-order valence-electron chi connectivity index (χ3n) is 4.31. The third-order valence-corrected chi connectivity index (χ3v) is 4.85. The van der Waals surface area contributed by atoms with Crippen LogP contribution in [0.4, 0.5) is 0 Å². The zero-order valence-electron chi connectivity index (χ0n) is 18.2. The van der Waals surface area contributed by atoms with Gasteiger partial charge in [0.2, 0.25) is 11.8 Å². The Kier molecular flexibility index (Phi) is 10.2. The van der Waals surface area contributed by atoms with Crippen LogP contribution < -0.4 is 16.0 Å². The van der Waals surface area contributed by atoms with Gasteiger partial charge in [-0.1, -0.05) is 53.5 Å². The maximum atomic E-state index is 12.4. The van der Waals surface area contributed by atoms with Crippen LogP contribution in [0.2, 0.25) is 10.0 Å². The van der Waals surface area contributed by atoms with Crippen molar-refractivity contribution in [2.75, 3.05) is 13.1 Å². The SMILES string of the molecule is CC(C)OC(=O)CC(NC(=O)CNC(=O)CNC(=O)c1ccc(Cl)cc1Cl)c1ccccc1. The largest absolute Gasteiger partial charge is 0.463 e. The molecular weight excluding hydrogens is 469 g/mol. The summed E-state index contributed by atoms with van der Waals surface area (Å²) in [6, 6.07) is 12.7. The van der Waals surface area contributed by atoms with Gasteiger partial charge in [0, 0.05) is 5.02 Å². The molecular formula is C23H25Cl2N3O5. The number of carbonyl (C=O) groups is 4. The molecule has 0 radical (unpaired) electrons. The molecule has 0 bridgehead atoms. The van der Waals surface area contributed by atoms with Crippen LogP contribution in [0.1, 0.15) is 42.2 Å². The summed E-state index contributed by atoms with van der Waals surface area (Å²) < 4.78 is 5.17. The number of hydrogen-bond acceptors (Lipinski definition) is 5. The molecule has 8 nitrogen and oxygen atoms in total. The molecule has 0 heterocycles. The molecule has 1 atom stereocenters. The molecule has 0 aromatic heterocycles. The minimum Gasteiger partial charge on any atom is -0.463 e. The van der Waals surface area contributed by atoms with Crippen LogP contribution in [-0.4, -0.2) is 42.9 Å². The fraction of sp³-hybridized carbons (Fsp3) is 0.304. The second-order valence-corrected chi connectivity index (χ2v) is 8.20. The Morgan fingerprint density at radius 3 is 2.21 bits per heavy atom. The van der Waals surface area contributed by atoms with E-state index in [1.807, 2.05) is 6.07 Å². The number of nitrogens with one attached hydrogen (secondary N) is 3. The van der Waals surface area contributed by atoms with Crippen LogP contribution in [0, 0.1) is 0 Å². The minimum atomic E-state index is -0.617. The molecule has 10 heteroatoms. The number of benzene rings is 2. The van der Waals surface area contributed by atoms with Crippen molar-refractivity contribution in [3.05, 3.63) is 69.7 Å². The molecule has 0 spiro atoms. The fourth-order valence-electron chi connectivity index (χ4n) is 2.83. The Balaban J connectivity index is 1.86. The first-order valence-corrected chi connectivity index (χ1v) is 10.9. The summed E-state index contributed by atoms with van der Waals surface area (Å²) in [5.74, 6) is -2.07. The lowest BCUT2D eigenvalue weighted by Gasteiger charge is -2.19. The van der Waals surface area contributed by atoms with Crippen molar-refractivity contribution in [3.63, 3.8) is 0 Å². The molecule has 3 N–H and O–H groups in total. The molecule has 33 heavy (non-hydrogen) atoms. The summed E-state index contributed by atoms with van der Waals surface area (Å²) in [5, 5.41) is 8.10. The number of amides is 3. The van der Waals surface area contributed by atoms with Gasteiger partial charge in [0.15, 0.2) is 0 Å². The van der Waals surface area contributed by atoms with E-state index in [0.29, 0.717) is 5.02 Å². The van der Waals surface area contributed by atoms with Gasteiger partial charge < -0.3 is 20.7 Å². The first-order chi connectivity index (χ1) is 15.7. The summed E-state index contributed by atoms with van der Waals surface area (Å²) >= 11 is 11.8. The molecule has 1 unspecified atom stereocenters. The van der Waals surface area contributed by atoms with Crippen molar-refractivity contribution < 1.29 is 23.9 Å². The van der Waals surface area contributed by atoms with E-state index in [2.05, 4.69) is 16.0 Å². The van der Waals surface area contributed by atoms with Gasteiger partial charge in [0.25, 0.3) is 5.91 Å². The highest BCUT2D eigenvalue weighted by Gasteiger charge is 2.20. The molecule has 0 aliphatic heterocycles. The van der Waals surface area contributed by atoms with E-state index in [4.69, 9.17) is 27.9 Å². The second-order valence-electron chi connectivity index (χ2n) is 7.36. The minimum absolute atomic E-state index is 0.0558. The highest BCUT2D eigenvalue weighted by Crippen LogP contribution is 2.21. The molecule has 0 aliphatic rings. The number of halogens is 2. The summed E-state index contributed by atoms with van der Waals surface area (Å²) in [4.78, 5) is 48.7. The Hall–Kier alpha value is -3.10. The van der Waals surface area contributed by atoms with Gasteiger partial charge in [0.05, 0.1) is 42.2 Å². The molecule has 2 aromatic carbocycles. The number of rotatable bonds is 10. The van der Waals surface area contributed by atoms with Crippen molar-refractivity contribution in [2.45, 2.75) is 32.4 Å². The molecule has 0 saturated heterocycles. The van der Waals surface area contributed by atoms with Crippen molar-refractivity contribution in [1.82, 2.24) is 16.0 Å². The van der Waals surface area contributed by atoms with Crippen LogP contribution in [-0.2, 0) is 19.1 Å². The van der Waals surface area contributed by atoms with Gasteiger partial charge in [-0.25, -0.2) is 0 Å². The topological polar surface area (TPSA) is 114 Å². The predicted octanol–water partition coefficient (Wildman–Crippen LogP) is 3.04. The van der Waals surface area contributed by atoms with E-state index in [1.54, 1.807) is 38.1 Å². The molecule has 3 amide bonds. The number of esters is 1. The highest BCUT2D eigenvalue weighted by atomic mass is 35.5. The smallest absolute Gasteiger partial charge is 0.308 e. The summed E-state index contributed by atoms with van der Waals surface area (Å²) in [6.45, 7) is 2.79. The maximum absolute atomic E-state index is 12.4. The summed E-state index contributed by atoms with van der Waals surface area (Å²) in [5.41, 5.74) is 0.899. The molecule has 0 fully saturated rings. The summed E-state index contributed by atoms with van der Waals surface area (Å²) in [6.07, 6.45) is -0.332. The maximum Gasteiger partial charge on any atom is 0.308 e. The van der Waals surface area contributed by atoms with Crippen molar-refractivity contribution in [3.8, 4) is 0 Å². The molecule has 2 rings (SSSR count). The van der Waals surface area contributed by atoms with E-state index in [-0.39, 0.29) is 36.2 Å². The Labute approximate surface area is 202 Å². The van der Waals surface area contributed by atoms with E-state index in [9.17, 15) is 19.2 Å². The Morgan fingerprint density at radius 1 is 0.909 bits per heavy atom. The van der Waals surface area contributed by atoms with E-state index < -0.39 is 29.7 Å². The fourth-order valence-corrected chi connectivity index (χ4v) is 3.33. The summed E-state index contributed by atoms with van der Waals surface area (Å²) in [7, 11) is 0. The molecule has 0 aliphatic carbocycles. The third kappa shape index (κ3) is 9.11. The van der Waals surface area contributed by atoms with Crippen molar-refractivity contribution in [2.24, 2.45) is 0 Å². The average molecular weight is 494 g/mol. The Bertz CT molecular complexity index is 999.